The van der Waals surface area contributed by atoms with Crippen molar-refractivity contribution in [3.63, 3.8) is 0 Å². The van der Waals surface area contributed by atoms with Gasteiger partial charge < -0.3 is 10.6 Å². The second-order valence-electron chi connectivity index (χ2n) is 5.16. The van der Waals surface area contributed by atoms with Crippen molar-refractivity contribution in [3.8, 4) is 6.07 Å². The number of nitrogens with two attached hydrogens (primary N) is 1. The van der Waals surface area contributed by atoms with E-state index in [0.717, 1.165) is 25.3 Å². The summed E-state index contributed by atoms with van der Waals surface area (Å²) < 4.78 is 0. The maximum atomic E-state index is 8.78. The SMILES string of the molecule is CC1CCN(CCCC(C)(N)C#N)CC1. The summed E-state index contributed by atoms with van der Waals surface area (Å²) in [6, 6.07) is 2.15. The lowest BCUT2D eigenvalue weighted by atomic mass is 9.97. The summed E-state index contributed by atoms with van der Waals surface area (Å²) in [5, 5.41) is 8.78. The summed E-state index contributed by atoms with van der Waals surface area (Å²) in [5.74, 6) is 0.889. The van der Waals surface area contributed by atoms with Crippen LogP contribution >= 0.6 is 0 Å². The van der Waals surface area contributed by atoms with E-state index in [2.05, 4.69) is 17.9 Å². The standard InChI is InChI=1S/C12H23N3/c1-11-4-8-15(9-5-11)7-3-6-12(2,14)10-13/h11H,3-9,14H2,1-2H3. The monoisotopic (exact) mass is 209 g/mol. The van der Waals surface area contributed by atoms with Gasteiger partial charge in [0, 0.05) is 0 Å². The summed E-state index contributed by atoms with van der Waals surface area (Å²) >= 11 is 0. The summed E-state index contributed by atoms with van der Waals surface area (Å²) in [6.45, 7) is 7.67. The molecular weight excluding hydrogens is 186 g/mol. The van der Waals surface area contributed by atoms with Crippen molar-refractivity contribution in [1.82, 2.24) is 4.90 Å². The summed E-state index contributed by atoms with van der Waals surface area (Å²) in [5.41, 5.74) is 5.14. The van der Waals surface area contributed by atoms with E-state index in [9.17, 15) is 0 Å². The molecule has 1 unspecified atom stereocenters. The van der Waals surface area contributed by atoms with Crippen molar-refractivity contribution in [1.29, 1.82) is 5.26 Å². The fraction of sp³-hybridized carbons (Fsp3) is 0.917. The maximum Gasteiger partial charge on any atom is 0.101 e. The number of nitriles is 1. The van der Waals surface area contributed by atoms with Crippen LogP contribution in [0.4, 0.5) is 0 Å². The predicted octanol–water partition coefficient (Wildman–Crippen LogP) is 1.74. The molecule has 0 aromatic heterocycles. The van der Waals surface area contributed by atoms with Crippen molar-refractivity contribution in [3.05, 3.63) is 0 Å². The van der Waals surface area contributed by atoms with Gasteiger partial charge in [-0.25, -0.2) is 0 Å². The van der Waals surface area contributed by atoms with Crippen LogP contribution in [0.3, 0.4) is 0 Å². The van der Waals surface area contributed by atoms with Gasteiger partial charge in [0.05, 0.1) is 6.07 Å². The Labute approximate surface area is 93.2 Å². The first kappa shape index (κ1) is 12.5. The van der Waals surface area contributed by atoms with Crippen molar-refractivity contribution >= 4 is 0 Å². The van der Waals surface area contributed by atoms with Gasteiger partial charge in [0.2, 0.25) is 0 Å². The first-order valence-corrected chi connectivity index (χ1v) is 5.96. The molecule has 15 heavy (non-hydrogen) atoms. The molecule has 1 fully saturated rings. The van der Waals surface area contributed by atoms with E-state index >= 15 is 0 Å². The van der Waals surface area contributed by atoms with Crippen LogP contribution in [0, 0.1) is 17.2 Å². The molecule has 0 aromatic rings. The highest BCUT2D eigenvalue weighted by atomic mass is 15.1. The number of piperidine rings is 1. The lowest BCUT2D eigenvalue weighted by Gasteiger charge is -2.30. The number of likely N-dealkylation sites (tertiary alicyclic amines) is 1. The fourth-order valence-electron chi connectivity index (χ4n) is 2.01. The zero-order chi connectivity index (χ0) is 11.3. The Balaban J connectivity index is 2.14. The topological polar surface area (TPSA) is 53.0 Å². The molecule has 0 bridgehead atoms. The molecular formula is C12H23N3. The van der Waals surface area contributed by atoms with E-state index in [4.69, 9.17) is 11.0 Å². The minimum atomic E-state index is -0.636. The van der Waals surface area contributed by atoms with Crippen LogP contribution in [0.1, 0.15) is 39.5 Å². The van der Waals surface area contributed by atoms with Crippen molar-refractivity contribution in [2.45, 2.75) is 45.1 Å². The zero-order valence-corrected chi connectivity index (χ0v) is 10.00. The lowest BCUT2D eigenvalue weighted by molar-refractivity contribution is 0.187. The van der Waals surface area contributed by atoms with Crippen LogP contribution in [0.2, 0.25) is 0 Å². The van der Waals surface area contributed by atoms with Gasteiger partial charge in [0.15, 0.2) is 0 Å². The highest BCUT2D eigenvalue weighted by molar-refractivity contribution is 5.00. The van der Waals surface area contributed by atoms with E-state index in [-0.39, 0.29) is 0 Å². The minimum absolute atomic E-state index is 0.636. The summed E-state index contributed by atoms with van der Waals surface area (Å²) in [4.78, 5) is 2.49. The zero-order valence-electron chi connectivity index (χ0n) is 10.00. The Kier molecular flexibility index (Phi) is 4.56. The largest absolute Gasteiger partial charge is 0.314 e. The van der Waals surface area contributed by atoms with Crippen molar-refractivity contribution in [2.24, 2.45) is 11.7 Å². The smallest absolute Gasteiger partial charge is 0.101 e. The van der Waals surface area contributed by atoms with Gasteiger partial charge in [-0.1, -0.05) is 6.92 Å². The van der Waals surface area contributed by atoms with E-state index in [1.54, 1.807) is 0 Å². The third-order valence-electron chi connectivity index (χ3n) is 3.30. The lowest BCUT2D eigenvalue weighted by Crippen LogP contribution is -2.37. The van der Waals surface area contributed by atoms with Gasteiger partial charge in [0.25, 0.3) is 0 Å². The predicted molar refractivity (Wildman–Crippen MR) is 62.3 cm³/mol. The van der Waals surface area contributed by atoms with Gasteiger partial charge in [-0.15, -0.1) is 0 Å². The molecule has 86 valence electrons. The van der Waals surface area contributed by atoms with Crippen LogP contribution < -0.4 is 5.73 Å². The minimum Gasteiger partial charge on any atom is -0.314 e. The molecule has 1 heterocycles. The Morgan fingerprint density at radius 2 is 2.07 bits per heavy atom. The second kappa shape index (κ2) is 5.48. The molecule has 0 saturated carbocycles. The maximum absolute atomic E-state index is 8.78. The van der Waals surface area contributed by atoms with Gasteiger partial charge in [-0.3, -0.25) is 0 Å². The molecule has 0 spiro atoms. The Hall–Kier alpha value is -0.590. The van der Waals surface area contributed by atoms with Gasteiger partial charge >= 0.3 is 0 Å². The summed E-state index contributed by atoms with van der Waals surface area (Å²) in [6.07, 6.45) is 4.47. The Morgan fingerprint density at radius 3 is 2.60 bits per heavy atom. The highest BCUT2D eigenvalue weighted by Crippen LogP contribution is 2.17. The molecule has 1 saturated heterocycles. The average molecular weight is 209 g/mol. The van der Waals surface area contributed by atoms with E-state index in [1.165, 1.54) is 25.9 Å². The van der Waals surface area contributed by atoms with E-state index in [0.29, 0.717) is 0 Å². The Morgan fingerprint density at radius 1 is 1.47 bits per heavy atom. The van der Waals surface area contributed by atoms with Crippen LogP contribution in [-0.2, 0) is 0 Å². The van der Waals surface area contributed by atoms with Crippen LogP contribution in [0.25, 0.3) is 0 Å². The third-order valence-corrected chi connectivity index (χ3v) is 3.30. The molecule has 0 aliphatic carbocycles. The molecule has 0 aromatic carbocycles. The number of hydrogen-bond acceptors (Lipinski definition) is 3. The molecule has 0 radical (unpaired) electrons. The van der Waals surface area contributed by atoms with Gasteiger partial charge in [-0.2, -0.15) is 5.26 Å². The average Bonchev–Trinajstić information content (AvgIpc) is 2.21. The van der Waals surface area contributed by atoms with Crippen LogP contribution in [-0.4, -0.2) is 30.1 Å². The number of hydrogen-bond donors (Lipinski definition) is 1. The highest BCUT2D eigenvalue weighted by Gasteiger charge is 2.19. The van der Waals surface area contributed by atoms with Gasteiger partial charge in [0.1, 0.15) is 5.54 Å². The molecule has 2 N–H and O–H groups in total. The Bertz CT molecular complexity index is 222. The van der Waals surface area contributed by atoms with Gasteiger partial charge in [-0.05, 0) is 58.2 Å². The van der Waals surface area contributed by atoms with Crippen molar-refractivity contribution < 1.29 is 0 Å². The second-order valence-corrected chi connectivity index (χ2v) is 5.16. The third kappa shape index (κ3) is 4.63. The van der Waals surface area contributed by atoms with E-state index in [1.807, 2.05) is 6.92 Å². The summed E-state index contributed by atoms with van der Waals surface area (Å²) in [7, 11) is 0. The van der Waals surface area contributed by atoms with Crippen LogP contribution in [0.15, 0.2) is 0 Å². The molecule has 1 aliphatic rings. The molecule has 3 heteroatoms. The van der Waals surface area contributed by atoms with E-state index < -0.39 is 5.54 Å². The number of nitrogens with zero attached hydrogens (tertiary/aromatic N) is 2. The molecule has 1 rings (SSSR count). The number of rotatable bonds is 4. The normalized spacial score (nSPS) is 23.3. The van der Waals surface area contributed by atoms with Crippen LogP contribution in [0.5, 0.6) is 0 Å². The molecule has 1 aliphatic heterocycles. The van der Waals surface area contributed by atoms with Crippen molar-refractivity contribution in [2.75, 3.05) is 19.6 Å². The first-order valence-electron chi connectivity index (χ1n) is 5.96. The molecule has 3 nitrogen and oxygen atoms in total. The first-order chi connectivity index (χ1) is 7.03. The molecule has 1 atom stereocenters. The fourth-order valence-corrected chi connectivity index (χ4v) is 2.01. The quantitative estimate of drug-likeness (QED) is 0.767. The molecule has 0 amide bonds.